The Balaban J connectivity index is 1.13. The number of amides is 1. The second-order valence-electron chi connectivity index (χ2n) is 8.73. The molecule has 0 spiro atoms. The molecule has 3 aromatic rings. The number of oxime groups is 1. The summed E-state index contributed by atoms with van der Waals surface area (Å²) in [5, 5.41) is 6.96. The average Bonchev–Trinajstić information content (AvgIpc) is 3.57. The Labute approximate surface area is 226 Å². The SMILES string of the molecule is O=C(COc1cncc(C(F)(F)F)n1)N1CCC(c2nc(C3=NOC(c4c(F)cccc4Br)C3)cs2)CC1. The van der Waals surface area contributed by atoms with Gasteiger partial charge in [0, 0.05) is 40.8 Å². The molecule has 0 aliphatic carbocycles. The smallest absolute Gasteiger partial charge is 0.435 e. The molecule has 0 radical (unpaired) electrons. The number of hydrogen-bond donors (Lipinski definition) is 0. The van der Waals surface area contributed by atoms with Crippen molar-refractivity contribution in [3.05, 3.63) is 68.2 Å². The number of carbonyl (C=O) groups excluding carboxylic acids is 1. The highest BCUT2D eigenvalue weighted by Gasteiger charge is 2.34. The summed E-state index contributed by atoms with van der Waals surface area (Å²) in [5.41, 5.74) is 0.573. The van der Waals surface area contributed by atoms with Gasteiger partial charge in [-0.15, -0.1) is 11.3 Å². The van der Waals surface area contributed by atoms with Gasteiger partial charge in [0.05, 0.1) is 23.1 Å². The highest BCUT2D eigenvalue weighted by Crippen LogP contribution is 2.37. The predicted octanol–water partition coefficient (Wildman–Crippen LogP) is 5.50. The van der Waals surface area contributed by atoms with Crippen molar-refractivity contribution in [2.24, 2.45) is 5.16 Å². The van der Waals surface area contributed by atoms with E-state index >= 15 is 0 Å². The molecular weight excluding hydrogens is 594 g/mol. The second-order valence-corrected chi connectivity index (χ2v) is 10.5. The minimum Gasteiger partial charge on any atom is -0.466 e. The largest absolute Gasteiger partial charge is 0.466 e. The van der Waals surface area contributed by atoms with Crippen LogP contribution in [0.4, 0.5) is 17.6 Å². The molecule has 5 rings (SSSR count). The molecule has 8 nitrogen and oxygen atoms in total. The number of carbonyl (C=O) groups is 1. The predicted molar refractivity (Wildman–Crippen MR) is 132 cm³/mol. The molecular formula is C24H20BrF4N5O3S. The molecule has 1 unspecified atom stereocenters. The zero-order valence-corrected chi connectivity index (χ0v) is 22.0. The molecule has 1 amide bonds. The number of nitrogens with zero attached hydrogens (tertiary/aromatic N) is 5. The van der Waals surface area contributed by atoms with Gasteiger partial charge in [0.1, 0.15) is 11.5 Å². The van der Waals surface area contributed by atoms with Crippen molar-refractivity contribution in [3.63, 3.8) is 0 Å². The van der Waals surface area contributed by atoms with Crippen LogP contribution in [0.2, 0.25) is 0 Å². The Morgan fingerprint density at radius 3 is 2.74 bits per heavy atom. The number of ether oxygens (including phenoxy) is 1. The van der Waals surface area contributed by atoms with Crippen molar-refractivity contribution < 1.29 is 31.9 Å². The fraction of sp³-hybridized carbons (Fsp3) is 0.375. The molecule has 2 aromatic heterocycles. The Morgan fingerprint density at radius 2 is 2.00 bits per heavy atom. The van der Waals surface area contributed by atoms with E-state index in [4.69, 9.17) is 14.6 Å². The van der Waals surface area contributed by atoms with E-state index in [-0.39, 0.29) is 23.5 Å². The van der Waals surface area contributed by atoms with Gasteiger partial charge >= 0.3 is 6.18 Å². The Hall–Kier alpha value is -3.13. The number of benzene rings is 1. The molecule has 1 fully saturated rings. The van der Waals surface area contributed by atoms with Gasteiger partial charge in [-0.25, -0.2) is 14.4 Å². The van der Waals surface area contributed by atoms with E-state index in [2.05, 4.69) is 31.1 Å². The van der Waals surface area contributed by atoms with Gasteiger partial charge in [-0.3, -0.25) is 9.78 Å². The molecule has 1 atom stereocenters. The molecule has 2 aliphatic rings. The van der Waals surface area contributed by atoms with Crippen LogP contribution >= 0.6 is 27.3 Å². The average molecular weight is 614 g/mol. The monoisotopic (exact) mass is 613 g/mol. The molecule has 0 saturated carbocycles. The van der Waals surface area contributed by atoms with E-state index in [1.165, 1.54) is 17.4 Å². The number of halogens is 5. The summed E-state index contributed by atoms with van der Waals surface area (Å²) in [6.07, 6.45) is -1.81. The summed E-state index contributed by atoms with van der Waals surface area (Å²) < 4.78 is 58.4. The minimum atomic E-state index is -4.65. The molecule has 4 heterocycles. The fourth-order valence-corrected chi connectivity index (χ4v) is 5.86. The molecule has 1 aromatic carbocycles. The lowest BCUT2D eigenvalue weighted by molar-refractivity contribution is -0.141. The molecule has 200 valence electrons. The maximum Gasteiger partial charge on any atom is 0.435 e. The quantitative estimate of drug-likeness (QED) is 0.341. The zero-order chi connectivity index (χ0) is 26.9. The first kappa shape index (κ1) is 26.5. The summed E-state index contributed by atoms with van der Waals surface area (Å²) in [6.45, 7) is 0.494. The third kappa shape index (κ3) is 5.80. The zero-order valence-electron chi connectivity index (χ0n) is 19.6. The van der Waals surface area contributed by atoms with Gasteiger partial charge in [-0.05, 0) is 25.0 Å². The number of thiazole rings is 1. The summed E-state index contributed by atoms with van der Waals surface area (Å²) in [4.78, 5) is 31.2. The van der Waals surface area contributed by atoms with E-state index < -0.39 is 24.6 Å². The third-order valence-electron chi connectivity index (χ3n) is 6.25. The lowest BCUT2D eigenvalue weighted by atomic mass is 9.97. The topological polar surface area (TPSA) is 89.8 Å². The first-order chi connectivity index (χ1) is 18.2. The lowest BCUT2D eigenvalue weighted by Crippen LogP contribution is -2.40. The van der Waals surface area contributed by atoms with E-state index in [0.29, 0.717) is 60.0 Å². The van der Waals surface area contributed by atoms with Crippen LogP contribution in [0.1, 0.15) is 53.2 Å². The number of hydrogen-bond acceptors (Lipinski definition) is 8. The first-order valence-corrected chi connectivity index (χ1v) is 13.3. The summed E-state index contributed by atoms with van der Waals surface area (Å²) >= 11 is 4.87. The number of rotatable bonds is 6. The van der Waals surface area contributed by atoms with Crippen molar-refractivity contribution >= 4 is 38.9 Å². The van der Waals surface area contributed by atoms with Crippen molar-refractivity contribution in [3.8, 4) is 5.88 Å². The highest BCUT2D eigenvalue weighted by atomic mass is 79.9. The molecule has 38 heavy (non-hydrogen) atoms. The van der Waals surface area contributed by atoms with E-state index in [1.807, 2.05) is 5.38 Å². The van der Waals surface area contributed by atoms with E-state index in [0.717, 1.165) is 11.2 Å². The molecule has 1 saturated heterocycles. The van der Waals surface area contributed by atoms with Crippen molar-refractivity contribution in [1.82, 2.24) is 19.9 Å². The van der Waals surface area contributed by atoms with Crippen LogP contribution < -0.4 is 4.74 Å². The van der Waals surface area contributed by atoms with Gasteiger partial charge < -0.3 is 14.5 Å². The maximum absolute atomic E-state index is 14.3. The second kappa shape index (κ2) is 10.9. The van der Waals surface area contributed by atoms with Gasteiger partial charge in [0.2, 0.25) is 5.88 Å². The van der Waals surface area contributed by atoms with Crippen LogP contribution in [0.25, 0.3) is 0 Å². The fourth-order valence-electron chi connectivity index (χ4n) is 4.27. The van der Waals surface area contributed by atoms with Gasteiger partial charge in [0.15, 0.2) is 18.4 Å². The maximum atomic E-state index is 14.3. The standard InChI is InChI=1S/C24H20BrF4N5O3S/c25-14-2-1-3-15(26)22(14)18-8-16(33-37-18)17-12-38-23(31-17)13-4-6-34(7-5-13)21(35)11-36-20-10-30-9-19(32-20)24(27,28)29/h1-3,9-10,12-13,18H,4-8,11H2. The van der Waals surface area contributed by atoms with Crippen LogP contribution in [0, 0.1) is 5.82 Å². The Kier molecular flexibility index (Phi) is 7.61. The number of aromatic nitrogens is 3. The minimum absolute atomic E-state index is 0.146. The number of alkyl halides is 3. The molecule has 0 N–H and O–H groups in total. The number of likely N-dealkylation sites (tertiary alicyclic amines) is 1. The highest BCUT2D eigenvalue weighted by molar-refractivity contribution is 9.10. The van der Waals surface area contributed by atoms with Gasteiger partial charge in [-0.1, -0.05) is 27.2 Å². The van der Waals surface area contributed by atoms with E-state index in [9.17, 15) is 22.4 Å². The van der Waals surface area contributed by atoms with Crippen molar-refractivity contribution in [1.29, 1.82) is 0 Å². The van der Waals surface area contributed by atoms with Crippen molar-refractivity contribution in [2.75, 3.05) is 19.7 Å². The molecule has 2 aliphatic heterocycles. The summed E-state index contributed by atoms with van der Waals surface area (Å²) in [6, 6.07) is 4.75. The van der Waals surface area contributed by atoms with Crippen LogP contribution in [0.3, 0.4) is 0 Å². The molecule has 0 bridgehead atoms. The van der Waals surface area contributed by atoms with Crippen LogP contribution in [-0.4, -0.2) is 51.2 Å². The van der Waals surface area contributed by atoms with Crippen LogP contribution in [0.15, 0.2) is 45.6 Å². The van der Waals surface area contributed by atoms with Gasteiger partial charge in [-0.2, -0.15) is 13.2 Å². The Bertz CT molecular complexity index is 1340. The molecule has 14 heteroatoms. The van der Waals surface area contributed by atoms with Crippen LogP contribution in [0.5, 0.6) is 5.88 Å². The first-order valence-electron chi connectivity index (χ1n) is 11.6. The van der Waals surface area contributed by atoms with Gasteiger partial charge in [0.25, 0.3) is 5.91 Å². The van der Waals surface area contributed by atoms with Crippen LogP contribution in [-0.2, 0) is 15.8 Å². The van der Waals surface area contributed by atoms with E-state index in [1.54, 1.807) is 17.0 Å². The third-order valence-corrected chi connectivity index (χ3v) is 7.95. The lowest BCUT2D eigenvalue weighted by Gasteiger charge is -2.31. The summed E-state index contributed by atoms with van der Waals surface area (Å²) in [7, 11) is 0. The van der Waals surface area contributed by atoms with Crippen molar-refractivity contribution in [2.45, 2.75) is 37.5 Å². The normalized spacial score (nSPS) is 18.3. The number of piperidine rings is 1. The Morgan fingerprint density at radius 1 is 1.21 bits per heavy atom. The summed E-state index contributed by atoms with van der Waals surface area (Å²) in [5.74, 6) is -0.922.